The quantitative estimate of drug-likeness (QED) is 0.732. The van der Waals surface area contributed by atoms with Gasteiger partial charge in [-0.2, -0.15) is 26.3 Å². The summed E-state index contributed by atoms with van der Waals surface area (Å²) in [5.74, 6) is 0. The first-order valence-corrected chi connectivity index (χ1v) is 8.67. The molecule has 0 aliphatic carbocycles. The number of hydrogen-bond acceptors (Lipinski definition) is 3. The summed E-state index contributed by atoms with van der Waals surface area (Å²) in [6, 6.07) is 2.42. The van der Waals surface area contributed by atoms with Gasteiger partial charge in [0.2, 0.25) is 5.56 Å². The van der Waals surface area contributed by atoms with Crippen molar-refractivity contribution in [3.8, 4) is 0 Å². The largest absolute Gasteiger partial charge is 0.417 e. The van der Waals surface area contributed by atoms with E-state index in [4.69, 9.17) is 0 Å². The number of H-pyrrole nitrogens is 1. The predicted molar refractivity (Wildman–Crippen MR) is 91.2 cm³/mol. The fourth-order valence-electron chi connectivity index (χ4n) is 3.84. The molecule has 0 radical (unpaired) electrons. The van der Waals surface area contributed by atoms with E-state index < -0.39 is 41.7 Å². The van der Waals surface area contributed by atoms with Gasteiger partial charge in [-0.05, 0) is 44.4 Å². The lowest BCUT2D eigenvalue weighted by Gasteiger charge is -2.44. The van der Waals surface area contributed by atoms with Gasteiger partial charge in [0.1, 0.15) is 0 Å². The standard InChI is InChI=1S/C18H18F6N2O2/c1-9-3-2-4-14(16(28)18(22,23)24)26(9)10-5-6-13-11(7-10)12(17(19,20)21)8-15(27)25-13/h5-9,14,16,28H,2-4H2,1H3,(H,25,27)/t9-,14-,16-/m1/s1. The fraction of sp³-hybridized carbons (Fsp3) is 0.500. The van der Waals surface area contributed by atoms with E-state index in [1.165, 1.54) is 17.0 Å². The summed E-state index contributed by atoms with van der Waals surface area (Å²) in [6.45, 7) is 1.66. The van der Waals surface area contributed by atoms with E-state index in [1.54, 1.807) is 6.92 Å². The highest BCUT2D eigenvalue weighted by Crippen LogP contribution is 2.39. The van der Waals surface area contributed by atoms with Crippen LogP contribution in [0, 0.1) is 0 Å². The van der Waals surface area contributed by atoms with Crippen molar-refractivity contribution in [2.75, 3.05) is 4.90 Å². The van der Waals surface area contributed by atoms with Crippen molar-refractivity contribution in [3.63, 3.8) is 0 Å². The Hall–Kier alpha value is -2.23. The number of nitrogens with one attached hydrogen (secondary N) is 1. The van der Waals surface area contributed by atoms with Crippen LogP contribution in [0.1, 0.15) is 31.7 Å². The Bertz CT molecular complexity index is 921. The number of nitrogens with zero attached hydrogens (tertiary/aromatic N) is 1. The van der Waals surface area contributed by atoms with Gasteiger partial charge < -0.3 is 15.0 Å². The highest BCUT2D eigenvalue weighted by molar-refractivity contribution is 5.86. The van der Waals surface area contributed by atoms with Gasteiger partial charge in [0.15, 0.2) is 6.10 Å². The van der Waals surface area contributed by atoms with Crippen LogP contribution in [0.4, 0.5) is 32.0 Å². The first-order chi connectivity index (χ1) is 12.9. The van der Waals surface area contributed by atoms with Gasteiger partial charge in [0.25, 0.3) is 0 Å². The van der Waals surface area contributed by atoms with Crippen molar-refractivity contribution in [2.45, 2.75) is 56.7 Å². The lowest BCUT2D eigenvalue weighted by molar-refractivity contribution is -0.211. The Balaban J connectivity index is 2.15. The van der Waals surface area contributed by atoms with Gasteiger partial charge in [-0.1, -0.05) is 0 Å². The number of rotatable bonds is 2. The van der Waals surface area contributed by atoms with Crippen LogP contribution in [0.2, 0.25) is 0 Å². The Morgan fingerprint density at radius 1 is 1.14 bits per heavy atom. The van der Waals surface area contributed by atoms with E-state index in [2.05, 4.69) is 4.98 Å². The number of aliphatic hydroxyl groups excluding tert-OH is 1. The molecule has 1 aliphatic rings. The summed E-state index contributed by atoms with van der Waals surface area (Å²) in [7, 11) is 0. The minimum absolute atomic E-state index is 0.0564. The number of aromatic amines is 1. The molecule has 4 nitrogen and oxygen atoms in total. The Kier molecular flexibility index (Phi) is 5.11. The van der Waals surface area contributed by atoms with Gasteiger partial charge in [0, 0.05) is 28.7 Å². The molecule has 1 aliphatic heterocycles. The number of anilines is 1. The molecule has 28 heavy (non-hydrogen) atoms. The number of benzene rings is 1. The third kappa shape index (κ3) is 3.82. The summed E-state index contributed by atoms with van der Waals surface area (Å²) >= 11 is 0. The number of aromatic nitrogens is 1. The van der Waals surface area contributed by atoms with Gasteiger partial charge in [-0.25, -0.2) is 0 Å². The number of halogens is 6. The number of pyridine rings is 1. The Morgan fingerprint density at radius 2 is 1.82 bits per heavy atom. The van der Waals surface area contributed by atoms with Gasteiger partial charge >= 0.3 is 12.4 Å². The van der Waals surface area contributed by atoms with Crippen LogP contribution in [0.3, 0.4) is 0 Å². The molecule has 3 atom stereocenters. The molecule has 1 aromatic carbocycles. The molecule has 0 unspecified atom stereocenters. The molecule has 0 amide bonds. The average molecular weight is 408 g/mol. The molecule has 1 fully saturated rings. The van der Waals surface area contributed by atoms with Crippen molar-refractivity contribution in [1.82, 2.24) is 4.98 Å². The van der Waals surface area contributed by atoms with E-state index in [9.17, 15) is 36.2 Å². The van der Waals surface area contributed by atoms with Crippen molar-refractivity contribution < 1.29 is 31.4 Å². The Labute approximate surface area is 155 Å². The number of alkyl halides is 6. The molecule has 2 N–H and O–H groups in total. The van der Waals surface area contributed by atoms with Crippen LogP contribution >= 0.6 is 0 Å². The summed E-state index contributed by atoms with van der Waals surface area (Å²) in [6.07, 6.45) is -11.2. The molecular weight excluding hydrogens is 390 g/mol. The summed E-state index contributed by atoms with van der Waals surface area (Å²) in [5, 5.41) is 9.48. The second-order valence-electron chi connectivity index (χ2n) is 7.02. The lowest BCUT2D eigenvalue weighted by Crippen LogP contribution is -2.55. The first kappa shape index (κ1) is 20.5. The number of fused-ring (bicyclic) bond motifs is 1. The average Bonchev–Trinajstić information content (AvgIpc) is 2.58. The maximum atomic E-state index is 13.4. The second kappa shape index (κ2) is 6.98. The zero-order chi connectivity index (χ0) is 20.9. The minimum atomic E-state index is -4.85. The maximum Gasteiger partial charge on any atom is 0.417 e. The van der Waals surface area contributed by atoms with Crippen LogP contribution in [0.5, 0.6) is 0 Å². The minimum Gasteiger partial charge on any atom is -0.382 e. The van der Waals surface area contributed by atoms with E-state index in [0.717, 1.165) is 6.07 Å². The number of aliphatic hydroxyl groups is 1. The smallest absolute Gasteiger partial charge is 0.382 e. The van der Waals surface area contributed by atoms with Crippen LogP contribution in [0.25, 0.3) is 10.9 Å². The van der Waals surface area contributed by atoms with E-state index in [-0.39, 0.29) is 23.0 Å². The lowest BCUT2D eigenvalue weighted by atomic mass is 9.91. The van der Waals surface area contributed by atoms with Crippen molar-refractivity contribution in [1.29, 1.82) is 0 Å². The SMILES string of the molecule is C[C@@H]1CCC[C@H]([C@@H](O)C(F)(F)F)N1c1ccc2[nH]c(=O)cc(C(F)(F)F)c2c1. The number of piperidine rings is 1. The molecule has 1 aromatic heterocycles. The molecule has 1 saturated heterocycles. The fourth-order valence-corrected chi connectivity index (χ4v) is 3.84. The van der Waals surface area contributed by atoms with E-state index >= 15 is 0 Å². The molecule has 2 aromatic rings. The van der Waals surface area contributed by atoms with Crippen LogP contribution in [0.15, 0.2) is 29.1 Å². The molecule has 2 heterocycles. The van der Waals surface area contributed by atoms with Crippen LogP contribution in [-0.2, 0) is 6.18 Å². The van der Waals surface area contributed by atoms with Crippen molar-refractivity contribution in [2.24, 2.45) is 0 Å². The molecule has 154 valence electrons. The monoisotopic (exact) mass is 408 g/mol. The second-order valence-corrected chi connectivity index (χ2v) is 7.02. The number of hydrogen-bond donors (Lipinski definition) is 2. The molecular formula is C18H18F6N2O2. The highest BCUT2D eigenvalue weighted by Gasteiger charge is 2.47. The van der Waals surface area contributed by atoms with Crippen LogP contribution < -0.4 is 10.5 Å². The zero-order valence-corrected chi connectivity index (χ0v) is 14.7. The normalized spacial score (nSPS) is 22.5. The summed E-state index contributed by atoms with van der Waals surface area (Å²) in [5.41, 5.74) is -2.03. The molecule has 0 saturated carbocycles. The topological polar surface area (TPSA) is 56.3 Å². The highest BCUT2D eigenvalue weighted by atomic mass is 19.4. The zero-order valence-electron chi connectivity index (χ0n) is 14.7. The first-order valence-electron chi connectivity index (χ1n) is 8.67. The van der Waals surface area contributed by atoms with Gasteiger partial charge in [-0.15, -0.1) is 0 Å². The summed E-state index contributed by atoms with van der Waals surface area (Å²) < 4.78 is 79.4. The Morgan fingerprint density at radius 3 is 2.43 bits per heavy atom. The molecule has 0 bridgehead atoms. The third-order valence-corrected chi connectivity index (χ3v) is 5.08. The van der Waals surface area contributed by atoms with Gasteiger partial charge in [0.05, 0.1) is 11.6 Å². The van der Waals surface area contributed by atoms with Crippen molar-refractivity contribution >= 4 is 16.6 Å². The predicted octanol–water partition coefficient (Wildman–Crippen LogP) is 4.22. The van der Waals surface area contributed by atoms with E-state index in [0.29, 0.717) is 18.9 Å². The van der Waals surface area contributed by atoms with E-state index in [1.807, 2.05) is 0 Å². The summed E-state index contributed by atoms with van der Waals surface area (Å²) in [4.78, 5) is 15.1. The third-order valence-electron chi connectivity index (χ3n) is 5.08. The molecule has 3 rings (SSSR count). The van der Waals surface area contributed by atoms with Crippen LogP contribution in [-0.4, -0.2) is 34.5 Å². The maximum absolute atomic E-state index is 13.4. The van der Waals surface area contributed by atoms with Crippen molar-refractivity contribution in [3.05, 3.63) is 40.2 Å². The van der Waals surface area contributed by atoms with Gasteiger partial charge in [-0.3, -0.25) is 4.79 Å². The molecule has 0 spiro atoms. The molecule has 10 heteroatoms.